The molecule has 0 radical (unpaired) electrons. The van der Waals surface area contributed by atoms with Crippen molar-refractivity contribution >= 4 is 43.4 Å². The van der Waals surface area contributed by atoms with Gasteiger partial charge in [-0.3, -0.25) is 4.79 Å². The second-order valence-electron chi connectivity index (χ2n) is 3.55. The first-order valence-electron chi connectivity index (χ1n) is 4.83. The summed E-state index contributed by atoms with van der Waals surface area (Å²) in [6, 6.07) is 0. The predicted octanol–water partition coefficient (Wildman–Crippen LogP) is 2.75. The van der Waals surface area contributed by atoms with Crippen LogP contribution in [0.25, 0.3) is 0 Å². The van der Waals surface area contributed by atoms with E-state index in [1.807, 2.05) is 0 Å². The van der Waals surface area contributed by atoms with E-state index >= 15 is 0 Å². The molecule has 0 fully saturated rings. The number of carboxylic acid groups (broad SMARTS) is 1. The fraction of sp³-hybridized carbons (Fsp3) is 0.900. The van der Waals surface area contributed by atoms with E-state index in [4.69, 9.17) is 5.11 Å². The molecule has 0 heterocycles. The first kappa shape index (κ1) is 20.3. The Morgan fingerprint density at radius 3 is 1.86 bits per heavy atom. The van der Waals surface area contributed by atoms with Crippen molar-refractivity contribution in [1.82, 2.24) is 0 Å². The Labute approximate surface area is 112 Å². The molecule has 4 heteroatoms. The molecule has 0 atom stereocenters. The Kier molecular flexibility index (Phi) is 23.7. The summed E-state index contributed by atoms with van der Waals surface area (Å²) in [6.07, 6.45) is 4.55. The minimum atomic E-state index is -0.675. The standard InChI is InChI=1S/C7H14O2.C3H9P.Na.H/c1-2-3-4-5-6-7(8)9;1-4(2)3;;/h2-6H2,1H3,(H,8,9);1-3H3;;. The van der Waals surface area contributed by atoms with Crippen LogP contribution in [0, 0.1) is 0 Å². The molecular formula is C10H24NaO2P. The van der Waals surface area contributed by atoms with Crippen LogP contribution in [0.15, 0.2) is 0 Å². The summed E-state index contributed by atoms with van der Waals surface area (Å²) in [6.45, 7) is 8.81. The van der Waals surface area contributed by atoms with Gasteiger partial charge in [0.15, 0.2) is 0 Å². The van der Waals surface area contributed by atoms with Crippen LogP contribution >= 0.6 is 7.92 Å². The molecule has 82 valence electrons. The second-order valence-corrected chi connectivity index (χ2v) is 6.23. The Bertz CT molecular complexity index is 116. The maximum absolute atomic E-state index is 9.96. The van der Waals surface area contributed by atoms with E-state index in [-0.39, 0.29) is 29.6 Å². The first-order valence-corrected chi connectivity index (χ1v) is 7.51. The van der Waals surface area contributed by atoms with E-state index in [1.54, 1.807) is 0 Å². The summed E-state index contributed by atoms with van der Waals surface area (Å²) in [5.41, 5.74) is 0. The third-order valence-electron chi connectivity index (χ3n) is 1.24. The number of rotatable bonds is 5. The van der Waals surface area contributed by atoms with Gasteiger partial charge in [0.25, 0.3) is 0 Å². The van der Waals surface area contributed by atoms with Crippen LogP contribution in [0.3, 0.4) is 0 Å². The summed E-state index contributed by atoms with van der Waals surface area (Å²) in [4.78, 5) is 9.96. The van der Waals surface area contributed by atoms with Crippen molar-refractivity contribution in [3.63, 3.8) is 0 Å². The van der Waals surface area contributed by atoms with Gasteiger partial charge in [-0.05, 0) is 26.4 Å². The zero-order valence-corrected chi connectivity index (χ0v) is 10.2. The number of hydrogen-bond acceptors (Lipinski definition) is 1. The van der Waals surface area contributed by atoms with Crippen LogP contribution in [0.4, 0.5) is 0 Å². The molecule has 0 amide bonds. The minimum absolute atomic E-state index is 0. The Morgan fingerprint density at radius 1 is 1.14 bits per heavy atom. The van der Waals surface area contributed by atoms with Crippen molar-refractivity contribution in [1.29, 1.82) is 0 Å². The molecule has 0 aliphatic heterocycles. The van der Waals surface area contributed by atoms with Crippen molar-refractivity contribution in [2.75, 3.05) is 20.0 Å². The molecule has 0 saturated heterocycles. The van der Waals surface area contributed by atoms with Gasteiger partial charge in [0.2, 0.25) is 0 Å². The topological polar surface area (TPSA) is 37.3 Å². The monoisotopic (exact) mass is 230 g/mol. The van der Waals surface area contributed by atoms with Crippen molar-refractivity contribution in [3.8, 4) is 0 Å². The summed E-state index contributed by atoms with van der Waals surface area (Å²) in [5, 5.41) is 8.21. The predicted molar refractivity (Wildman–Crippen MR) is 68.2 cm³/mol. The van der Waals surface area contributed by atoms with Crippen LogP contribution in [0.1, 0.15) is 39.0 Å². The zero-order chi connectivity index (χ0) is 10.7. The number of aliphatic carboxylic acids is 1. The van der Waals surface area contributed by atoms with Crippen molar-refractivity contribution < 1.29 is 9.90 Å². The molecule has 0 aliphatic rings. The second kappa shape index (κ2) is 16.3. The third-order valence-corrected chi connectivity index (χ3v) is 1.24. The van der Waals surface area contributed by atoms with Gasteiger partial charge in [0.1, 0.15) is 0 Å². The van der Waals surface area contributed by atoms with Gasteiger partial charge in [0, 0.05) is 6.42 Å². The van der Waals surface area contributed by atoms with E-state index in [0.29, 0.717) is 14.3 Å². The molecule has 0 aromatic carbocycles. The summed E-state index contributed by atoms with van der Waals surface area (Å²) >= 11 is 0. The van der Waals surface area contributed by atoms with E-state index in [2.05, 4.69) is 26.9 Å². The summed E-state index contributed by atoms with van der Waals surface area (Å²) < 4.78 is 0. The van der Waals surface area contributed by atoms with Gasteiger partial charge in [-0.2, -0.15) is 0 Å². The molecule has 0 spiro atoms. The average molecular weight is 230 g/mol. The van der Waals surface area contributed by atoms with E-state index in [9.17, 15) is 4.79 Å². The van der Waals surface area contributed by atoms with Gasteiger partial charge in [-0.15, -0.1) is 7.92 Å². The van der Waals surface area contributed by atoms with Gasteiger partial charge < -0.3 is 5.11 Å². The van der Waals surface area contributed by atoms with Crippen molar-refractivity contribution in [3.05, 3.63) is 0 Å². The maximum atomic E-state index is 9.96. The number of carbonyl (C=O) groups is 1. The van der Waals surface area contributed by atoms with Crippen LogP contribution in [0.2, 0.25) is 0 Å². The van der Waals surface area contributed by atoms with Crippen molar-refractivity contribution in [2.45, 2.75) is 39.0 Å². The van der Waals surface area contributed by atoms with Crippen LogP contribution in [-0.4, -0.2) is 60.6 Å². The first-order chi connectivity index (χ1) is 6.00. The van der Waals surface area contributed by atoms with E-state index < -0.39 is 5.97 Å². The molecule has 0 aliphatic carbocycles. The van der Waals surface area contributed by atoms with E-state index in [0.717, 1.165) is 19.3 Å². The van der Waals surface area contributed by atoms with Gasteiger partial charge in [0.05, 0.1) is 0 Å². The zero-order valence-electron chi connectivity index (χ0n) is 9.34. The molecule has 0 unspecified atom stereocenters. The van der Waals surface area contributed by atoms with Gasteiger partial charge in [-0.1, -0.05) is 26.2 Å². The SMILES string of the molecule is CCCCCCC(=O)O.CP(C)C.[NaH]. The molecule has 1 N–H and O–H groups in total. The number of unbranched alkanes of at least 4 members (excludes halogenated alkanes) is 3. The Morgan fingerprint density at radius 2 is 1.57 bits per heavy atom. The summed E-state index contributed by atoms with van der Waals surface area (Å²) in [7, 11) is 0.380. The molecule has 0 aromatic rings. The van der Waals surface area contributed by atoms with Crippen molar-refractivity contribution in [2.24, 2.45) is 0 Å². The molecule has 0 saturated carbocycles. The summed E-state index contributed by atoms with van der Waals surface area (Å²) in [5.74, 6) is -0.675. The van der Waals surface area contributed by atoms with Crippen LogP contribution in [0.5, 0.6) is 0 Å². The number of carboxylic acids is 1. The Balaban J connectivity index is -0.000000209. The number of hydrogen-bond donors (Lipinski definition) is 1. The fourth-order valence-electron chi connectivity index (χ4n) is 0.703. The molecule has 0 bridgehead atoms. The molecule has 14 heavy (non-hydrogen) atoms. The van der Waals surface area contributed by atoms with E-state index in [1.165, 1.54) is 6.42 Å². The van der Waals surface area contributed by atoms with Gasteiger partial charge >= 0.3 is 35.5 Å². The molecule has 2 nitrogen and oxygen atoms in total. The third kappa shape index (κ3) is 38.4. The Hall–Kier alpha value is 0.900. The molecule has 0 aromatic heterocycles. The normalized spacial score (nSPS) is 8.64. The van der Waals surface area contributed by atoms with Gasteiger partial charge in [-0.25, -0.2) is 0 Å². The van der Waals surface area contributed by atoms with Crippen LogP contribution < -0.4 is 0 Å². The molecule has 0 rings (SSSR count). The quantitative estimate of drug-likeness (QED) is 0.448. The molecular weight excluding hydrogens is 206 g/mol. The van der Waals surface area contributed by atoms with Crippen LogP contribution in [-0.2, 0) is 4.79 Å². The average Bonchev–Trinajstić information content (AvgIpc) is 1.97. The fourth-order valence-corrected chi connectivity index (χ4v) is 0.703.